The first-order chi connectivity index (χ1) is 31.9. The maximum absolute atomic E-state index is 14.0. The largest absolute Gasteiger partial charge is 0.469 e. The fraction of sp³-hybridized carbons (Fsp3) is 0.855. The summed E-state index contributed by atoms with van der Waals surface area (Å²) in [6.45, 7) is 15.4. The number of fused-ring (bicyclic) bond motifs is 6. The Morgan fingerprint density at radius 3 is 1.43 bits per heavy atom. The molecule has 2 saturated carbocycles. The molecule has 0 radical (unpaired) electrons. The number of carbonyl (C=O) groups excluding carboxylic acids is 8. The molecule has 12 heteroatoms. The first-order valence-corrected chi connectivity index (χ1v) is 26.7. The molecule has 0 aromatic carbocycles. The molecule has 6 aliphatic rings. The van der Waals surface area contributed by atoms with Crippen molar-refractivity contribution in [3.8, 4) is 0 Å². The number of aldehydes is 1. The summed E-state index contributed by atoms with van der Waals surface area (Å²) in [5.74, 6) is -0.810. The van der Waals surface area contributed by atoms with Gasteiger partial charge in [-0.3, -0.25) is 33.6 Å². The van der Waals surface area contributed by atoms with E-state index in [1.165, 1.54) is 52.6 Å². The SMILES string of the molecule is COC(=O)CCC(=O)C(OC(C)=O)[C@@H]1CCCCCCCCCC[C@H](C)C(=O)N2C[C@H]3[C@@H]([C@H]2C(=O)C1)C3(C)C.C[C@H]1CCCCCCCCCC[C@@H](C=O)CC(=O)[C@@H]2[C@@H]3[C@H](CN2C1=O)C3(C)C. The molecule has 11 atom stereocenters. The number of Topliss-reactive ketones (excluding diaryl/α,β-unsaturated/α-hetero) is 3. The van der Waals surface area contributed by atoms with Gasteiger partial charge in [0.15, 0.2) is 23.5 Å². The number of hydrogen-bond donors (Lipinski definition) is 0. The number of methoxy groups -OCH3 is 1. The molecule has 1 unspecified atom stereocenters. The predicted molar refractivity (Wildman–Crippen MR) is 257 cm³/mol. The second kappa shape index (κ2) is 24.9. The first kappa shape index (κ1) is 54.5. The van der Waals surface area contributed by atoms with Crippen LogP contribution in [0.25, 0.3) is 0 Å². The lowest BCUT2D eigenvalue weighted by Crippen LogP contribution is -2.48. The van der Waals surface area contributed by atoms with Crippen LogP contribution in [0, 0.1) is 58.2 Å². The van der Waals surface area contributed by atoms with Crippen molar-refractivity contribution in [2.75, 3.05) is 20.2 Å². The molecule has 0 aromatic rings. The van der Waals surface area contributed by atoms with Gasteiger partial charge >= 0.3 is 11.9 Å². The van der Waals surface area contributed by atoms with Gasteiger partial charge in [0.25, 0.3) is 0 Å². The number of rotatable bonds is 7. The zero-order chi connectivity index (χ0) is 49.1. The molecule has 12 nitrogen and oxygen atoms in total. The maximum atomic E-state index is 14.0. The fourth-order valence-electron chi connectivity index (χ4n) is 12.8. The molecule has 6 rings (SSSR count). The van der Waals surface area contributed by atoms with Gasteiger partial charge in [-0.05, 0) is 60.2 Å². The van der Waals surface area contributed by atoms with Crippen LogP contribution in [0.15, 0.2) is 0 Å². The van der Waals surface area contributed by atoms with Gasteiger partial charge in [-0.1, -0.05) is 144 Å². The number of nitrogens with zero attached hydrogens (tertiary/aromatic N) is 2. The molecule has 0 spiro atoms. The van der Waals surface area contributed by atoms with Crippen LogP contribution < -0.4 is 0 Å². The molecule has 4 heterocycles. The fourth-order valence-corrected chi connectivity index (χ4v) is 12.8. The molecule has 2 amide bonds. The minimum absolute atomic E-state index is 0.000211. The predicted octanol–water partition coefficient (Wildman–Crippen LogP) is 9.84. The summed E-state index contributed by atoms with van der Waals surface area (Å²) in [6.07, 6.45) is 21.2. The zero-order valence-electron chi connectivity index (χ0n) is 42.8. The van der Waals surface area contributed by atoms with E-state index in [-0.39, 0.29) is 94.9 Å². The molecule has 6 fully saturated rings. The Hall–Kier alpha value is -3.44. The Labute approximate surface area is 402 Å². The molecular weight excluding hydrogens is 849 g/mol. The normalized spacial score (nSPS) is 33.7. The Bertz CT molecular complexity index is 1740. The van der Waals surface area contributed by atoms with Gasteiger partial charge < -0.3 is 24.1 Å². The van der Waals surface area contributed by atoms with Crippen molar-refractivity contribution in [1.29, 1.82) is 0 Å². The molecule has 4 saturated heterocycles. The van der Waals surface area contributed by atoms with E-state index in [0.29, 0.717) is 31.2 Å². The lowest BCUT2D eigenvalue weighted by atomic mass is 9.84. The van der Waals surface area contributed by atoms with Crippen molar-refractivity contribution in [2.24, 2.45) is 58.2 Å². The Morgan fingerprint density at radius 2 is 1.01 bits per heavy atom. The second-order valence-corrected chi connectivity index (χ2v) is 23.0. The number of hydrogen-bond acceptors (Lipinski definition) is 10. The topological polar surface area (TPSA) is 162 Å². The molecule has 2 aliphatic carbocycles. The van der Waals surface area contributed by atoms with Crippen molar-refractivity contribution in [3.63, 3.8) is 0 Å². The molecule has 0 N–H and O–H groups in total. The summed E-state index contributed by atoms with van der Waals surface area (Å²) in [6, 6.07) is -0.797. The van der Waals surface area contributed by atoms with E-state index in [0.717, 1.165) is 96.3 Å². The number of amides is 2. The van der Waals surface area contributed by atoms with E-state index in [1.807, 2.05) is 23.6 Å². The van der Waals surface area contributed by atoms with E-state index >= 15 is 0 Å². The summed E-state index contributed by atoms with van der Waals surface area (Å²) in [5, 5.41) is 0. The van der Waals surface area contributed by atoms with Gasteiger partial charge in [0.1, 0.15) is 6.29 Å². The van der Waals surface area contributed by atoms with Crippen molar-refractivity contribution in [1.82, 2.24) is 9.80 Å². The van der Waals surface area contributed by atoms with Crippen LogP contribution in [-0.4, -0.2) is 95.6 Å². The van der Waals surface area contributed by atoms with Gasteiger partial charge in [0.05, 0.1) is 25.6 Å². The highest BCUT2D eigenvalue weighted by Gasteiger charge is 2.70. The first-order valence-electron chi connectivity index (χ1n) is 26.7. The van der Waals surface area contributed by atoms with Gasteiger partial charge in [0, 0.05) is 62.9 Å². The van der Waals surface area contributed by atoms with Crippen LogP contribution in [0.3, 0.4) is 0 Å². The smallest absolute Gasteiger partial charge is 0.305 e. The Kier molecular flexibility index (Phi) is 20.3. The van der Waals surface area contributed by atoms with Crippen LogP contribution in [0.4, 0.5) is 0 Å². The molecule has 4 aliphatic heterocycles. The summed E-state index contributed by atoms with van der Waals surface area (Å²) in [7, 11) is 1.26. The molecule has 0 aromatic heterocycles. The molecule has 378 valence electrons. The molecular formula is C55H88N2O10. The van der Waals surface area contributed by atoms with Crippen molar-refractivity contribution in [3.05, 3.63) is 0 Å². The second-order valence-electron chi connectivity index (χ2n) is 23.0. The average Bonchev–Trinajstić information content (AvgIpc) is 3.74. The average molecular weight is 937 g/mol. The van der Waals surface area contributed by atoms with Gasteiger partial charge in [-0.25, -0.2) is 0 Å². The Morgan fingerprint density at radius 1 is 0.612 bits per heavy atom. The van der Waals surface area contributed by atoms with Crippen LogP contribution in [0.1, 0.15) is 203 Å². The molecule has 0 bridgehead atoms. The highest BCUT2D eigenvalue weighted by molar-refractivity contribution is 5.94. The number of ketones is 3. The quantitative estimate of drug-likeness (QED) is 0.178. The van der Waals surface area contributed by atoms with Gasteiger partial charge in [0.2, 0.25) is 11.8 Å². The summed E-state index contributed by atoms with van der Waals surface area (Å²) in [5.41, 5.74) is 0.149. The minimum atomic E-state index is -1.09. The van der Waals surface area contributed by atoms with Crippen molar-refractivity contribution < 1.29 is 47.8 Å². The van der Waals surface area contributed by atoms with Gasteiger partial charge in [-0.2, -0.15) is 0 Å². The summed E-state index contributed by atoms with van der Waals surface area (Å²) < 4.78 is 10.2. The van der Waals surface area contributed by atoms with Crippen LogP contribution >= 0.6 is 0 Å². The van der Waals surface area contributed by atoms with Crippen LogP contribution in [0.5, 0.6) is 0 Å². The van der Waals surface area contributed by atoms with Crippen molar-refractivity contribution >= 4 is 47.4 Å². The van der Waals surface area contributed by atoms with E-state index < -0.39 is 30.0 Å². The zero-order valence-corrected chi connectivity index (χ0v) is 42.8. The highest BCUT2D eigenvalue weighted by Crippen LogP contribution is 2.66. The molecule has 67 heavy (non-hydrogen) atoms. The van der Waals surface area contributed by atoms with Crippen LogP contribution in [-0.2, 0) is 47.8 Å². The van der Waals surface area contributed by atoms with Crippen LogP contribution in [0.2, 0.25) is 0 Å². The number of ether oxygens (including phenoxy) is 2. The maximum Gasteiger partial charge on any atom is 0.305 e. The van der Waals surface area contributed by atoms with E-state index in [1.54, 1.807) is 0 Å². The van der Waals surface area contributed by atoms with Crippen molar-refractivity contribution in [2.45, 2.75) is 221 Å². The Balaban J connectivity index is 0.000000264. The number of esters is 2. The lowest BCUT2D eigenvalue weighted by Gasteiger charge is -2.33. The standard InChI is InChI=1S/C31H49NO7.C24H39NO3/c1-20-14-12-10-8-6-7-9-11-13-15-22(29(39-21(2)33)24(34)16-17-26(36)38-5)18-25(35)28-27-23(31(27,3)4)19-32(28)30(20)37;1-17-12-10-8-6-4-5-7-9-11-13-18(16-26)14-20(27)22-21-19(24(21,2)3)15-25(22)23(17)28/h20,22-23,27-29H,6-19H2,1-5H3;16-19,21-22H,4-15H2,1-3H3/t20-,22+,23-,27-,28+,29?;17-,18+,19-,21-,22+/m00/s1. The third kappa shape index (κ3) is 14.1. The minimum Gasteiger partial charge on any atom is -0.469 e. The van der Waals surface area contributed by atoms with E-state index in [4.69, 9.17) is 4.74 Å². The lowest BCUT2D eigenvalue weighted by molar-refractivity contribution is -0.158. The third-order valence-electron chi connectivity index (χ3n) is 17.4. The van der Waals surface area contributed by atoms with Gasteiger partial charge in [-0.15, -0.1) is 0 Å². The number of piperidine rings is 2. The number of carbonyl (C=O) groups is 8. The monoisotopic (exact) mass is 937 g/mol. The highest BCUT2D eigenvalue weighted by atomic mass is 16.5. The summed E-state index contributed by atoms with van der Waals surface area (Å²) >= 11 is 0. The van der Waals surface area contributed by atoms with E-state index in [9.17, 15) is 38.4 Å². The van der Waals surface area contributed by atoms with E-state index in [2.05, 4.69) is 32.4 Å². The summed E-state index contributed by atoms with van der Waals surface area (Å²) in [4.78, 5) is 106. The third-order valence-corrected chi connectivity index (χ3v) is 17.4.